The first kappa shape index (κ1) is 18.0. The van der Waals surface area contributed by atoms with E-state index >= 15 is 0 Å². The topological polar surface area (TPSA) is 59.0 Å². The predicted octanol–water partition coefficient (Wildman–Crippen LogP) is -0.427. The molecule has 1 aromatic carbocycles. The van der Waals surface area contributed by atoms with Crippen LogP contribution in [0.5, 0.6) is 0 Å². The number of rotatable bonds is 6. The Bertz CT molecular complexity index is 793. The van der Waals surface area contributed by atoms with Gasteiger partial charge in [-0.15, -0.1) is 0 Å². The fourth-order valence-corrected chi connectivity index (χ4v) is 5.01. The fraction of sp³-hybridized carbons (Fsp3) is 0.500. The molecule has 0 radical (unpaired) electrons. The second-order valence-corrected chi connectivity index (χ2v) is 10.7. The molecular weight excluding hydrogens is 439 g/mol. The molecule has 2 aliphatic rings. The first-order valence-electron chi connectivity index (χ1n) is 9.40. The van der Waals surface area contributed by atoms with Crippen LogP contribution in [0.25, 0.3) is 11.4 Å². The van der Waals surface area contributed by atoms with E-state index in [9.17, 15) is 4.79 Å². The van der Waals surface area contributed by atoms with E-state index in [2.05, 4.69) is 53.3 Å². The van der Waals surface area contributed by atoms with Gasteiger partial charge in [-0.1, -0.05) is 13.8 Å². The van der Waals surface area contributed by atoms with Crippen molar-refractivity contribution in [2.24, 2.45) is 5.92 Å². The Kier molecular flexibility index (Phi) is 5.31. The van der Waals surface area contributed by atoms with E-state index in [0.29, 0.717) is 45.9 Å². The summed E-state index contributed by atoms with van der Waals surface area (Å²) in [6, 6.07) is 8.85. The Labute approximate surface area is 165 Å². The number of nitrogens with one attached hydrogen (secondary N) is 2. The number of amides is 1. The molecule has 1 saturated heterocycles. The first-order chi connectivity index (χ1) is 12.6. The van der Waals surface area contributed by atoms with Crippen molar-refractivity contribution in [2.75, 3.05) is 17.5 Å². The van der Waals surface area contributed by atoms with E-state index < -0.39 is 0 Å². The normalized spacial score (nSPS) is 19.0. The van der Waals surface area contributed by atoms with Gasteiger partial charge in [0.2, 0.25) is 0 Å². The number of nitrogens with zero attached hydrogens (tertiary/aromatic N) is 2. The number of alkyl halides is 2. The van der Waals surface area contributed by atoms with Gasteiger partial charge in [0.05, 0.1) is 0 Å². The molecule has 26 heavy (non-hydrogen) atoms. The molecule has 1 aromatic heterocycles. The molecule has 0 spiro atoms. The van der Waals surface area contributed by atoms with Gasteiger partial charge in [0, 0.05) is 0 Å². The van der Waals surface area contributed by atoms with Crippen LogP contribution in [-0.4, -0.2) is 33.0 Å². The molecule has 5 nitrogen and oxygen atoms in total. The van der Waals surface area contributed by atoms with Crippen LogP contribution in [0.2, 0.25) is 0 Å². The van der Waals surface area contributed by atoms with E-state index in [1.807, 2.05) is 0 Å². The molecule has 1 fully saturated rings. The zero-order valence-electron chi connectivity index (χ0n) is 15.4. The number of imidazole rings is 1. The zero-order chi connectivity index (χ0) is 18.1. The number of carbonyl (C=O) groups is 1. The van der Waals surface area contributed by atoms with Crippen LogP contribution >= 0.6 is 0 Å². The number of benzene rings is 1. The summed E-state index contributed by atoms with van der Waals surface area (Å²) in [7, 11) is 0. The summed E-state index contributed by atoms with van der Waals surface area (Å²) in [6.07, 6.45) is 0.984. The molecule has 2 aromatic rings. The van der Waals surface area contributed by atoms with Crippen LogP contribution in [0.4, 0.5) is 0 Å². The third kappa shape index (κ3) is 3.81. The summed E-state index contributed by atoms with van der Waals surface area (Å²) >= 11 is 0.424. The van der Waals surface area contributed by atoms with E-state index in [0.717, 1.165) is 40.5 Å². The van der Waals surface area contributed by atoms with E-state index in [1.54, 1.807) is 0 Å². The van der Waals surface area contributed by atoms with E-state index in [-0.39, 0.29) is 5.91 Å². The van der Waals surface area contributed by atoms with Crippen molar-refractivity contribution in [2.45, 2.75) is 37.3 Å². The average molecular weight is 465 g/mol. The predicted molar refractivity (Wildman–Crippen MR) is 98.8 cm³/mol. The molecule has 2 N–H and O–H groups in total. The number of fused-ring (bicyclic) bond motifs is 1. The van der Waals surface area contributed by atoms with E-state index in [4.69, 9.17) is 4.98 Å². The first-order valence-corrected chi connectivity index (χ1v) is 12.2. The standard InChI is InChI=1S/C20H26IN4O/c1-13(2)7-8-23-20(26)18-17-12-22-9-10-25(17)19(24-18)15-5-3-14(4-6-15)16-11-21-16/h3-6,13,16,22H,7-12H2,1-2H3,(H,23,26)/q-1. The quantitative estimate of drug-likeness (QED) is 0.450. The van der Waals surface area contributed by atoms with Crippen LogP contribution in [0.3, 0.4) is 0 Å². The Balaban J connectivity index is 1.60. The van der Waals surface area contributed by atoms with Crippen LogP contribution in [0, 0.1) is 5.92 Å². The van der Waals surface area contributed by atoms with Gasteiger partial charge >= 0.3 is 146 Å². The monoisotopic (exact) mass is 465 g/mol. The minimum atomic E-state index is -0.0521. The third-order valence-electron chi connectivity index (χ3n) is 4.94. The number of carbonyl (C=O) groups excluding carboxylic acids is 1. The number of hydrogen-bond acceptors (Lipinski definition) is 3. The molecule has 0 aliphatic carbocycles. The van der Waals surface area contributed by atoms with Gasteiger partial charge in [-0.05, 0) is 5.92 Å². The van der Waals surface area contributed by atoms with Gasteiger partial charge < -0.3 is 0 Å². The fourth-order valence-electron chi connectivity index (χ4n) is 3.33. The Morgan fingerprint density at radius 2 is 2.15 bits per heavy atom. The van der Waals surface area contributed by atoms with Gasteiger partial charge in [0.25, 0.3) is 0 Å². The van der Waals surface area contributed by atoms with Crippen LogP contribution in [0.1, 0.15) is 45.9 Å². The number of halogens is 1. The summed E-state index contributed by atoms with van der Waals surface area (Å²) in [5.74, 6) is 1.45. The molecule has 4 rings (SSSR count). The zero-order valence-corrected chi connectivity index (χ0v) is 17.5. The van der Waals surface area contributed by atoms with Gasteiger partial charge in [-0.25, -0.2) is 0 Å². The number of hydrogen-bond donors (Lipinski definition) is 2. The Morgan fingerprint density at radius 3 is 2.85 bits per heavy atom. The van der Waals surface area contributed by atoms with E-state index in [1.165, 1.54) is 9.99 Å². The van der Waals surface area contributed by atoms with Crippen molar-refractivity contribution >= 4 is 5.91 Å². The van der Waals surface area contributed by atoms with Crippen molar-refractivity contribution < 1.29 is 26.0 Å². The van der Waals surface area contributed by atoms with Crippen molar-refractivity contribution in [3.05, 3.63) is 41.2 Å². The average Bonchev–Trinajstić information content (AvgIpc) is 3.42. The number of aromatic nitrogens is 2. The molecule has 1 unspecified atom stereocenters. The van der Waals surface area contributed by atoms with Gasteiger partial charge in [0.15, 0.2) is 0 Å². The van der Waals surface area contributed by atoms with Gasteiger partial charge in [0.1, 0.15) is 0 Å². The van der Waals surface area contributed by atoms with Crippen molar-refractivity contribution in [1.29, 1.82) is 0 Å². The second kappa shape index (κ2) is 7.68. The molecule has 0 saturated carbocycles. The van der Waals surface area contributed by atoms with Crippen molar-refractivity contribution in [3.63, 3.8) is 0 Å². The molecule has 140 valence electrons. The maximum absolute atomic E-state index is 12.7. The van der Waals surface area contributed by atoms with Gasteiger partial charge in [-0.3, -0.25) is 0 Å². The summed E-state index contributed by atoms with van der Waals surface area (Å²) in [5.41, 5.74) is 4.16. The van der Waals surface area contributed by atoms with Crippen molar-refractivity contribution in [3.8, 4) is 11.4 Å². The SMILES string of the molecule is CC(C)CCNC(=O)c1nc(-c2ccc(C3C[I-]3)cc2)n2c1CNCC2. The van der Waals surface area contributed by atoms with Crippen molar-refractivity contribution in [1.82, 2.24) is 20.2 Å². The van der Waals surface area contributed by atoms with Crippen LogP contribution in [-0.2, 0) is 13.1 Å². The second-order valence-electron chi connectivity index (χ2n) is 7.40. The van der Waals surface area contributed by atoms with Gasteiger partial charge in [-0.2, -0.15) is 0 Å². The van der Waals surface area contributed by atoms with Crippen LogP contribution < -0.4 is 31.8 Å². The molecule has 3 heterocycles. The summed E-state index contributed by atoms with van der Waals surface area (Å²) in [6.45, 7) is 7.50. The third-order valence-corrected chi connectivity index (χ3v) is 7.42. The minimum absolute atomic E-state index is 0.0521. The summed E-state index contributed by atoms with van der Waals surface area (Å²) < 4.78 is 4.50. The Morgan fingerprint density at radius 1 is 1.38 bits per heavy atom. The molecule has 2 aliphatic heterocycles. The summed E-state index contributed by atoms with van der Waals surface area (Å²) in [4.78, 5) is 17.5. The molecular formula is C20H26IN4O-. The molecule has 1 amide bonds. The maximum atomic E-state index is 12.7. The molecule has 0 bridgehead atoms. The molecule has 6 heteroatoms. The Hall–Kier alpha value is -1.41. The van der Waals surface area contributed by atoms with Crippen LogP contribution in [0.15, 0.2) is 24.3 Å². The molecule has 1 atom stereocenters. The summed E-state index contributed by atoms with van der Waals surface area (Å²) in [5, 5.41) is 6.41.